The van der Waals surface area contributed by atoms with E-state index in [0.717, 1.165) is 30.5 Å². The van der Waals surface area contributed by atoms with Crippen molar-refractivity contribution >= 4 is 50.8 Å². The molecule has 1 unspecified atom stereocenters. The molecule has 1 aliphatic rings. The van der Waals surface area contributed by atoms with Crippen LogP contribution in [0, 0.1) is 11.3 Å². The predicted molar refractivity (Wildman–Crippen MR) is 154 cm³/mol. The van der Waals surface area contributed by atoms with Gasteiger partial charge >= 0.3 is 0 Å². The molecule has 4 aromatic rings. The molecule has 0 aliphatic heterocycles. The van der Waals surface area contributed by atoms with E-state index in [0.29, 0.717) is 22.2 Å². The van der Waals surface area contributed by atoms with Gasteiger partial charge in [0.2, 0.25) is 5.91 Å². The summed E-state index contributed by atoms with van der Waals surface area (Å²) in [4.78, 5) is 17.4. The number of aryl methyl sites for hydroxylation is 1. The average Bonchev–Trinajstić information content (AvgIpc) is 2.97. The molecule has 2 aromatic heterocycles. The maximum Gasteiger partial charge on any atom is 0.263 e. The zero-order valence-corrected chi connectivity index (χ0v) is 23.4. The lowest BCUT2D eigenvalue weighted by Crippen LogP contribution is -2.17. The topological polar surface area (TPSA) is 138 Å². The number of hydrogen-bond acceptors (Lipinski definition) is 8. The van der Waals surface area contributed by atoms with Gasteiger partial charge in [0.1, 0.15) is 11.1 Å². The second kappa shape index (κ2) is 12.0. The Bertz CT molecular complexity index is 1680. The van der Waals surface area contributed by atoms with Crippen LogP contribution in [0.15, 0.2) is 82.7 Å². The Morgan fingerprint density at radius 1 is 1.07 bits per heavy atom. The molecule has 2 aromatic carbocycles. The van der Waals surface area contributed by atoms with Crippen LogP contribution in [0.2, 0.25) is 5.15 Å². The standard InChI is InChI=1S/C28H23ClN6O3S2/c29-25-12-13-26(34-33-25)35-40(37,38)23-9-7-22(8-10-23)31-27(36)17-39-28-21(16-30)15-20-14-19(6-11-24(20)32-28)18-4-2-1-3-5-18/h1-5,7-10,12-13,15,19H,6,11,14,17H2,(H,31,36)(H,34,35). The third-order valence-corrected chi connectivity index (χ3v) is 8.97. The number of aromatic nitrogens is 3. The lowest BCUT2D eigenvalue weighted by Gasteiger charge is -2.25. The molecule has 2 N–H and O–H groups in total. The summed E-state index contributed by atoms with van der Waals surface area (Å²) in [6.07, 6.45) is 2.63. The number of carbonyl (C=O) groups is 1. The normalized spacial score (nSPS) is 14.6. The molecule has 12 heteroatoms. The van der Waals surface area contributed by atoms with Crippen LogP contribution in [-0.2, 0) is 27.7 Å². The van der Waals surface area contributed by atoms with Crippen LogP contribution in [0.1, 0.15) is 34.7 Å². The Labute approximate surface area is 241 Å². The molecule has 0 fully saturated rings. The van der Waals surface area contributed by atoms with E-state index in [1.807, 2.05) is 24.3 Å². The number of sulfonamides is 1. The van der Waals surface area contributed by atoms with E-state index in [9.17, 15) is 18.5 Å². The summed E-state index contributed by atoms with van der Waals surface area (Å²) in [6.45, 7) is 0. The number of thioether (sulfide) groups is 1. The first-order valence-corrected chi connectivity index (χ1v) is 15.2. The van der Waals surface area contributed by atoms with Gasteiger partial charge in [-0.3, -0.25) is 9.52 Å². The lowest BCUT2D eigenvalue weighted by atomic mass is 9.82. The number of hydrogen-bond donors (Lipinski definition) is 2. The minimum atomic E-state index is -3.90. The van der Waals surface area contributed by atoms with Gasteiger partial charge in [0.15, 0.2) is 11.0 Å². The first kappa shape index (κ1) is 27.6. The van der Waals surface area contributed by atoms with E-state index in [4.69, 9.17) is 16.6 Å². The predicted octanol–water partition coefficient (Wildman–Crippen LogP) is 5.20. The number of carbonyl (C=O) groups excluding carboxylic acids is 1. The van der Waals surface area contributed by atoms with Crippen molar-refractivity contribution in [2.24, 2.45) is 0 Å². The second-order valence-electron chi connectivity index (χ2n) is 9.12. The van der Waals surface area contributed by atoms with Crippen LogP contribution in [0.25, 0.3) is 0 Å². The number of benzene rings is 2. The van der Waals surface area contributed by atoms with Gasteiger partial charge in [-0.05, 0) is 78.8 Å². The highest BCUT2D eigenvalue weighted by molar-refractivity contribution is 8.00. The van der Waals surface area contributed by atoms with Crippen molar-refractivity contribution in [1.82, 2.24) is 15.2 Å². The highest BCUT2D eigenvalue weighted by Gasteiger charge is 2.23. The van der Waals surface area contributed by atoms with Crippen LogP contribution >= 0.6 is 23.4 Å². The van der Waals surface area contributed by atoms with Crippen molar-refractivity contribution in [2.75, 3.05) is 15.8 Å². The van der Waals surface area contributed by atoms with Crippen molar-refractivity contribution < 1.29 is 13.2 Å². The summed E-state index contributed by atoms with van der Waals surface area (Å²) in [5.41, 5.74) is 4.24. The molecule has 5 rings (SSSR count). The van der Waals surface area contributed by atoms with Crippen molar-refractivity contribution in [3.8, 4) is 6.07 Å². The molecule has 9 nitrogen and oxygen atoms in total. The summed E-state index contributed by atoms with van der Waals surface area (Å²) in [5, 5.41) is 20.4. The molecule has 0 saturated heterocycles. The molecular formula is C28H23ClN6O3S2. The number of anilines is 2. The minimum absolute atomic E-state index is 0.0111. The number of nitriles is 1. The SMILES string of the molecule is N#Cc1cc2c(nc1SCC(=O)Nc1ccc(S(=O)(=O)Nc3ccc(Cl)nn3)cc1)CCC(c1ccccc1)C2. The van der Waals surface area contributed by atoms with E-state index in [2.05, 4.69) is 38.4 Å². The number of amides is 1. The second-order valence-corrected chi connectivity index (χ2v) is 12.2. The van der Waals surface area contributed by atoms with Crippen molar-refractivity contribution in [1.29, 1.82) is 5.26 Å². The monoisotopic (exact) mass is 590 g/mol. The quantitative estimate of drug-likeness (QED) is 0.267. The third kappa shape index (κ3) is 6.59. The molecule has 40 heavy (non-hydrogen) atoms. The molecular weight excluding hydrogens is 568 g/mol. The molecule has 1 atom stereocenters. The van der Waals surface area contributed by atoms with Crippen LogP contribution in [0.3, 0.4) is 0 Å². The van der Waals surface area contributed by atoms with Gasteiger partial charge in [0.25, 0.3) is 10.0 Å². The third-order valence-electron chi connectivity index (χ3n) is 6.40. The van der Waals surface area contributed by atoms with Crippen LogP contribution in [-0.4, -0.2) is 35.3 Å². The van der Waals surface area contributed by atoms with Crippen LogP contribution in [0.5, 0.6) is 0 Å². The van der Waals surface area contributed by atoms with E-state index in [-0.39, 0.29) is 27.5 Å². The summed E-state index contributed by atoms with van der Waals surface area (Å²) in [6, 6.07) is 23.0. The number of nitrogens with one attached hydrogen (secondary N) is 2. The first-order valence-electron chi connectivity index (χ1n) is 12.3. The summed E-state index contributed by atoms with van der Waals surface area (Å²) in [7, 11) is -3.90. The molecule has 0 saturated carbocycles. The fourth-order valence-corrected chi connectivity index (χ4v) is 6.33. The molecule has 202 valence electrons. The Morgan fingerprint density at radius 2 is 1.85 bits per heavy atom. The largest absolute Gasteiger partial charge is 0.325 e. The van der Waals surface area contributed by atoms with Gasteiger partial charge in [0, 0.05) is 11.4 Å². The van der Waals surface area contributed by atoms with Crippen LogP contribution < -0.4 is 10.0 Å². The van der Waals surface area contributed by atoms with Crippen molar-refractivity contribution in [3.05, 3.63) is 100 Å². The molecule has 0 spiro atoms. The Balaban J connectivity index is 1.19. The number of fused-ring (bicyclic) bond motifs is 1. The van der Waals surface area contributed by atoms with Gasteiger partial charge < -0.3 is 5.32 Å². The van der Waals surface area contributed by atoms with E-state index in [1.165, 1.54) is 53.7 Å². The number of pyridine rings is 1. The maximum atomic E-state index is 12.6. The molecule has 1 amide bonds. The number of rotatable bonds is 8. The molecule has 0 radical (unpaired) electrons. The summed E-state index contributed by atoms with van der Waals surface area (Å²) < 4.78 is 27.5. The minimum Gasteiger partial charge on any atom is -0.325 e. The zero-order valence-electron chi connectivity index (χ0n) is 21.0. The van der Waals surface area contributed by atoms with E-state index in [1.54, 1.807) is 0 Å². The van der Waals surface area contributed by atoms with Gasteiger partial charge in [-0.2, -0.15) is 5.26 Å². The van der Waals surface area contributed by atoms with Gasteiger partial charge in [-0.1, -0.05) is 53.7 Å². The number of nitrogens with zero attached hydrogens (tertiary/aromatic N) is 4. The average molecular weight is 591 g/mol. The van der Waals surface area contributed by atoms with Gasteiger partial charge in [-0.25, -0.2) is 13.4 Å². The summed E-state index contributed by atoms with van der Waals surface area (Å²) in [5.74, 6) is 0.170. The highest BCUT2D eigenvalue weighted by Crippen LogP contribution is 2.34. The highest BCUT2D eigenvalue weighted by atomic mass is 35.5. The van der Waals surface area contributed by atoms with Gasteiger partial charge in [0.05, 0.1) is 16.2 Å². The molecule has 2 heterocycles. The zero-order chi connectivity index (χ0) is 28.1. The van der Waals surface area contributed by atoms with E-state index >= 15 is 0 Å². The van der Waals surface area contributed by atoms with Crippen molar-refractivity contribution in [2.45, 2.75) is 35.1 Å². The molecule has 1 aliphatic carbocycles. The Kier molecular flexibility index (Phi) is 8.30. The Morgan fingerprint density at radius 3 is 2.55 bits per heavy atom. The fourth-order valence-electron chi connectivity index (χ4n) is 4.46. The smallest absolute Gasteiger partial charge is 0.263 e. The fraction of sp³-hybridized carbons (Fsp3) is 0.179. The van der Waals surface area contributed by atoms with Crippen LogP contribution in [0.4, 0.5) is 11.5 Å². The molecule has 0 bridgehead atoms. The van der Waals surface area contributed by atoms with Crippen molar-refractivity contribution in [3.63, 3.8) is 0 Å². The van der Waals surface area contributed by atoms with E-state index < -0.39 is 10.0 Å². The number of halogens is 1. The summed E-state index contributed by atoms with van der Waals surface area (Å²) >= 11 is 6.88. The maximum absolute atomic E-state index is 12.6. The lowest BCUT2D eigenvalue weighted by molar-refractivity contribution is -0.113. The first-order chi connectivity index (χ1) is 19.3. The Hall–Kier alpha value is -3.98. The van der Waals surface area contributed by atoms with Gasteiger partial charge in [-0.15, -0.1) is 10.2 Å².